The average Bonchev–Trinajstić information content (AvgIpc) is 2.76. The minimum atomic E-state index is -1.11. The van der Waals surface area contributed by atoms with Gasteiger partial charge in [0.15, 0.2) is 0 Å². The first-order valence-electron chi connectivity index (χ1n) is 10.9. The Morgan fingerprint density at radius 1 is 1.12 bits per heavy atom. The quantitative estimate of drug-likeness (QED) is 0.597. The summed E-state index contributed by atoms with van der Waals surface area (Å²) in [6, 6.07) is 7.41. The second kappa shape index (κ2) is 10.3. The van der Waals surface area contributed by atoms with E-state index in [1.165, 1.54) is 38.5 Å². The van der Waals surface area contributed by atoms with Gasteiger partial charge in [-0.25, -0.2) is 4.79 Å². The number of methoxy groups -OCH3 is 2. The van der Waals surface area contributed by atoms with E-state index < -0.39 is 11.9 Å². The highest BCUT2D eigenvalue weighted by Gasteiger charge is 2.32. The molecule has 2 N–H and O–H groups in total. The number of carbonyl (C=O) groups is 2. The van der Waals surface area contributed by atoms with Crippen LogP contribution in [0, 0.1) is 11.8 Å². The molecule has 1 saturated heterocycles. The number of carbonyl (C=O) groups excluding carboxylic acids is 1. The highest BCUT2D eigenvalue weighted by molar-refractivity contribution is 6.31. The maximum absolute atomic E-state index is 13.4. The van der Waals surface area contributed by atoms with Gasteiger partial charge in [-0.3, -0.25) is 4.79 Å². The van der Waals surface area contributed by atoms with E-state index in [1.54, 1.807) is 6.07 Å². The number of nitrogens with zero attached hydrogens (tertiary/aromatic N) is 1. The van der Waals surface area contributed by atoms with E-state index >= 15 is 0 Å². The molecular formula is C25H30ClNO6. The molecule has 2 aromatic carbocycles. The molecule has 1 aliphatic rings. The molecule has 8 heteroatoms. The summed E-state index contributed by atoms with van der Waals surface area (Å²) >= 11 is 6.50. The number of carboxylic acids is 1. The maximum Gasteiger partial charge on any atom is 0.335 e. The fraction of sp³-hybridized carbons (Fsp3) is 0.440. The second-order valence-electron chi connectivity index (χ2n) is 8.81. The maximum atomic E-state index is 13.4. The number of hydrogen-bond donors (Lipinski definition) is 2. The van der Waals surface area contributed by atoms with E-state index in [0.29, 0.717) is 52.6 Å². The molecule has 3 rings (SSSR count). The zero-order valence-corrected chi connectivity index (χ0v) is 20.1. The number of amides is 1. The van der Waals surface area contributed by atoms with Crippen LogP contribution in [0.3, 0.4) is 0 Å². The van der Waals surface area contributed by atoms with Crippen molar-refractivity contribution in [2.75, 3.05) is 27.3 Å². The first-order chi connectivity index (χ1) is 15.6. The number of ether oxygens (including phenoxy) is 2. The molecule has 1 heterocycles. The number of aromatic hydroxyl groups is 1. The summed E-state index contributed by atoms with van der Waals surface area (Å²) < 4.78 is 10.8. The molecular weight excluding hydrogens is 446 g/mol. The summed E-state index contributed by atoms with van der Waals surface area (Å²) in [6.45, 7) is 5.56. The van der Waals surface area contributed by atoms with Crippen LogP contribution in [-0.2, 0) is 4.79 Å². The predicted octanol–water partition coefficient (Wildman–Crippen LogP) is 4.79. The van der Waals surface area contributed by atoms with Crippen LogP contribution in [0.4, 0.5) is 0 Å². The molecule has 1 amide bonds. The molecule has 0 radical (unpaired) electrons. The highest BCUT2D eigenvalue weighted by atomic mass is 35.5. The Labute approximate surface area is 198 Å². The fourth-order valence-corrected chi connectivity index (χ4v) is 4.96. The number of phenols is 1. The number of benzene rings is 2. The van der Waals surface area contributed by atoms with Crippen molar-refractivity contribution >= 4 is 23.5 Å². The van der Waals surface area contributed by atoms with Crippen LogP contribution in [0.2, 0.25) is 5.02 Å². The molecule has 0 spiro atoms. The fourth-order valence-electron chi connectivity index (χ4n) is 4.71. The van der Waals surface area contributed by atoms with Gasteiger partial charge < -0.3 is 24.6 Å². The van der Waals surface area contributed by atoms with E-state index in [1.807, 2.05) is 4.90 Å². The first-order valence-corrected chi connectivity index (χ1v) is 11.3. The summed E-state index contributed by atoms with van der Waals surface area (Å²) in [7, 11) is 2.93. The highest BCUT2D eigenvalue weighted by Crippen LogP contribution is 2.45. The van der Waals surface area contributed by atoms with Gasteiger partial charge in [0.1, 0.15) is 17.2 Å². The van der Waals surface area contributed by atoms with Gasteiger partial charge in [0.05, 0.1) is 19.8 Å². The molecule has 0 bridgehead atoms. The number of likely N-dealkylation sites (tertiary alicyclic amines) is 1. The van der Waals surface area contributed by atoms with Crippen molar-refractivity contribution in [3.63, 3.8) is 0 Å². The first kappa shape index (κ1) is 24.7. The lowest BCUT2D eigenvalue weighted by Gasteiger charge is -2.36. The largest absolute Gasteiger partial charge is 0.507 e. The van der Waals surface area contributed by atoms with Gasteiger partial charge in [0.25, 0.3) is 0 Å². The number of rotatable bonds is 7. The summed E-state index contributed by atoms with van der Waals surface area (Å²) in [5.41, 5.74) is 0.829. The number of piperidine rings is 1. The topological polar surface area (TPSA) is 96.3 Å². The van der Waals surface area contributed by atoms with Crippen molar-refractivity contribution in [2.24, 2.45) is 11.8 Å². The lowest BCUT2D eigenvalue weighted by Crippen LogP contribution is -2.43. The second-order valence-corrected chi connectivity index (χ2v) is 9.21. The van der Waals surface area contributed by atoms with Gasteiger partial charge in [0, 0.05) is 48.1 Å². The van der Waals surface area contributed by atoms with Crippen molar-refractivity contribution in [1.82, 2.24) is 4.90 Å². The molecule has 7 nitrogen and oxygen atoms in total. The molecule has 0 aliphatic carbocycles. The third kappa shape index (κ3) is 5.53. The Bertz CT molecular complexity index is 1030. The van der Waals surface area contributed by atoms with Gasteiger partial charge >= 0.3 is 5.97 Å². The van der Waals surface area contributed by atoms with Crippen molar-refractivity contribution in [2.45, 2.75) is 32.6 Å². The number of halogens is 1. The zero-order chi connectivity index (χ0) is 24.3. The molecule has 1 unspecified atom stereocenters. The summed E-state index contributed by atoms with van der Waals surface area (Å²) in [4.78, 5) is 26.9. The van der Waals surface area contributed by atoms with E-state index in [9.17, 15) is 19.8 Å². The van der Waals surface area contributed by atoms with Crippen molar-refractivity contribution in [3.05, 3.63) is 52.0 Å². The predicted molar refractivity (Wildman–Crippen MR) is 126 cm³/mol. The number of aromatic carboxylic acids is 1. The van der Waals surface area contributed by atoms with Crippen LogP contribution < -0.4 is 9.47 Å². The SMILES string of the molecule is COc1cc(O)c(C(CC(=O)N2C[C@H](C)C[C@H](C)C2)c2cc(C(=O)O)ccc2Cl)c(OC)c1. The molecule has 3 atom stereocenters. The lowest BCUT2D eigenvalue weighted by molar-refractivity contribution is -0.134. The summed E-state index contributed by atoms with van der Waals surface area (Å²) in [6.07, 6.45) is 1.06. The van der Waals surface area contributed by atoms with Crippen molar-refractivity contribution in [3.8, 4) is 17.2 Å². The van der Waals surface area contributed by atoms with Crippen LogP contribution in [0.25, 0.3) is 0 Å². The van der Waals surface area contributed by atoms with Gasteiger partial charge in [-0.2, -0.15) is 0 Å². The Morgan fingerprint density at radius 3 is 2.36 bits per heavy atom. The number of phenolic OH excluding ortho intramolecular Hbond substituents is 1. The Kier molecular flexibility index (Phi) is 7.74. The molecule has 33 heavy (non-hydrogen) atoms. The van der Waals surface area contributed by atoms with E-state index in [0.717, 1.165) is 6.42 Å². The monoisotopic (exact) mass is 475 g/mol. The minimum Gasteiger partial charge on any atom is -0.507 e. The molecule has 1 aliphatic heterocycles. The van der Waals surface area contributed by atoms with Crippen LogP contribution >= 0.6 is 11.6 Å². The van der Waals surface area contributed by atoms with Gasteiger partial charge in [-0.1, -0.05) is 25.4 Å². The van der Waals surface area contributed by atoms with Crippen LogP contribution in [0.5, 0.6) is 17.2 Å². The minimum absolute atomic E-state index is 0.00151. The zero-order valence-electron chi connectivity index (χ0n) is 19.3. The van der Waals surface area contributed by atoms with Gasteiger partial charge in [-0.05, 0) is 42.0 Å². The summed E-state index contributed by atoms with van der Waals surface area (Å²) in [5, 5.41) is 20.7. The van der Waals surface area contributed by atoms with Crippen molar-refractivity contribution < 1.29 is 29.3 Å². The Balaban J connectivity index is 2.12. The van der Waals surface area contributed by atoms with E-state index in [4.69, 9.17) is 21.1 Å². The lowest BCUT2D eigenvalue weighted by atomic mass is 9.85. The van der Waals surface area contributed by atoms with Gasteiger partial charge in [0.2, 0.25) is 5.91 Å². The normalized spacial score (nSPS) is 19.1. The van der Waals surface area contributed by atoms with Crippen LogP contribution in [0.15, 0.2) is 30.3 Å². The average molecular weight is 476 g/mol. The number of carboxylic acid groups (broad SMARTS) is 1. The van der Waals surface area contributed by atoms with E-state index in [2.05, 4.69) is 13.8 Å². The molecule has 0 saturated carbocycles. The Hall–Kier alpha value is -2.93. The van der Waals surface area contributed by atoms with E-state index in [-0.39, 0.29) is 23.6 Å². The van der Waals surface area contributed by atoms with Crippen LogP contribution in [-0.4, -0.2) is 54.3 Å². The smallest absolute Gasteiger partial charge is 0.335 e. The third-order valence-electron chi connectivity index (χ3n) is 6.12. The number of hydrogen-bond acceptors (Lipinski definition) is 5. The van der Waals surface area contributed by atoms with Gasteiger partial charge in [-0.15, -0.1) is 0 Å². The van der Waals surface area contributed by atoms with Crippen molar-refractivity contribution in [1.29, 1.82) is 0 Å². The van der Waals surface area contributed by atoms with Crippen LogP contribution in [0.1, 0.15) is 54.1 Å². The third-order valence-corrected chi connectivity index (χ3v) is 6.46. The standard InChI is InChI=1S/C25H30ClNO6/c1-14-7-15(2)13-27(12-14)23(29)11-19(18-8-16(25(30)31)5-6-20(18)26)24-21(28)9-17(32-3)10-22(24)33-4/h5-6,8-10,14-15,19,28H,7,11-13H2,1-4H3,(H,30,31)/t14-,15+,19?. The molecule has 2 aromatic rings. The molecule has 1 fully saturated rings. The molecule has 0 aromatic heterocycles. The molecule has 178 valence electrons. The summed E-state index contributed by atoms with van der Waals surface area (Å²) in [5.74, 6) is -0.559. The Morgan fingerprint density at radius 2 is 1.79 bits per heavy atom.